The number of aryl methyl sites for hydroxylation is 1. The van der Waals surface area contributed by atoms with Crippen LogP contribution < -0.4 is 10.6 Å². The molecule has 1 aliphatic rings. The van der Waals surface area contributed by atoms with Gasteiger partial charge in [-0.25, -0.2) is 4.99 Å². The van der Waals surface area contributed by atoms with Crippen LogP contribution in [0.15, 0.2) is 17.1 Å². The molecular formula is C17H28N4OS. The summed E-state index contributed by atoms with van der Waals surface area (Å²) in [6.45, 7) is 9.31. The van der Waals surface area contributed by atoms with Crippen LogP contribution in [0.4, 0.5) is 0 Å². The number of carbonyl (C=O) groups is 1. The van der Waals surface area contributed by atoms with Gasteiger partial charge in [-0.3, -0.25) is 4.79 Å². The molecule has 2 heterocycles. The van der Waals surface area contributed by atoms with Gasteiger partial charge in [0.05, 0.1) is 6.54 Å². The quantitative estimate of drug-likeness (QED) is 0.619. The average Bonchev–Trinajstić information content (AvgIpc) is 3.21. The van der Waals surface area contributed by atoms with Crippen molar-refractivity contribution in [2.45, 2.75) is 52.6 Å². The number of carbonyl (C=O) groups excluding carboxylic acids is 1. The van der Waals surface area contributed by atoms with Gasteiger partial charge in [0.1, 0.15) is 0 Å². The molecule has 1 amide bonds. The lowest BCUT2D eigenvalue weighted by molar-refractivity contribution is -0.129. The standard InChI is InChI=1S/C17H28N4OS/c1-4-14-7-8-15(23-14)11-19-17(18-6-3)20-13-9-10-21(12-13)16(22)5-2/h7-8,13H,4-6,9-12H2,1-3H3,(H2,18,19,20). The number of guanidine groups is 1. The summed E-state index contributed by atoms with van der Waals surface area (Å²) in [7, 11) is 0. The third-order valence-corrected chi connectivity index (χ3v) is 5.20. The Morgan fingerprint density at radius 1 is 1.35 bits per heavy atom. The Bertz CT molecular complexity index is 540. The largest absolute Gasteiger partial charge is 0.357 e. The fraction of sp³-hybridized carbons (Fsp3) is 0.647. The van der Waals surface area contributed by atoms with E-state index in [4.69, 9.17) is 0 Å². The van der Waals surface area contributed by atoms with E-state index < -0.39 is 0 Å². The van der Waals surface area contributed by atoms with Gasteiger partial charge >= 0.3 is 0 Å². The van der Waals surface area contributed by atoms with Gasteiger partial charge in [-0.1, -0.05) is 13.8 Å². The Morgan fingerprint density at radius 3 is 2.78 bits per heavy atom. The Morgan fingerprint density at radius 2 is 2.13 bits per heavy atom. The number of hydrogen-bond donors (Lipinski definition) is 2. The van der Waals surface area contributed by atoms with Crippen LogP contribution in [-0.4, -0.2) is 42.4 Å². The Labute approximate surface area is 143 Å². The molecule has 0 bridgehead atoms. The molecule has 0 radical (unpaired) electrons. The highest BCUT2D eigenvalue weighted by Crippen LogP contribution is 2.17. The lowest BCUT2D eigenvalue weighted by Crippen LogP contribution is -2.45. The van der Waals surface area contributed by atoms with Crippen LogP contribution in [0.1, 0.15) is 43.4 Å². The van der Waals surface area contributed by atoms with Crippen LogP contribution in [0.5, 0.6) is 0 Å². The van der Waals surface area contributed by atoms with Crippen LogP contribution in [0.3, 0.4) is 0 Å². The number of rotatable bonds is 6. The molecule has 23 heavy (non-hydrogen) atoms. The molecule has 1 atom stereocenters. The molecule has 2 rings (SSSR count). The van der Waals surface area contributed by atoms with E-state index >= 15 is 0 Å². The van der Waals surface area contributed by atoms with Crippen molar-refractivity contribution in [1.82, 2.24) is 15.5 Å². The minimum Gasteiger partial charge on any atom is -0.357 e. The summed E-state index contributed by atoms with van der Waals surface area (Å²) in [4.78, 5) is 21.1. The first-order valence-corrected chi connectivity index (χ1v) is 9.38. The maximum absolute atomic E-state index is 11.8. The number of amides is 1. The molecule has 0 spiro atoms. The van der Waals surface area contributed by atoms with E-state index in [1.165, 1.54) is 9.75 Å². The first kappa shape index (κ1) is 17.8. The smallest absolute Gasteiger partial charge is 0.222 e. The van der Waals surface area contributed by atoms with E-state index in [-0.39, 0.29) is 11.9 Å². The molecule has 1 saturated heterocycles. The highest BCUT2D eigenvalue weighted by Gasteiger charge is 2.25. The summed E-state index contributed by atoms with van der Waals surface area (Å²) < 4.78 is 0. The van der Waals surface area contributed by atoms with Crippen molar-refractivity contribution in [3.8, 4) is 0 Å². The number of nitrogens with zero attached hydrogens (tertiary/aromatic N) is 2. The van der Waals surface area contributed by atoms with E-state index in [0.29, 0.717) is 13.0 Å². The summed E-state index contributed by atoms with van der Waals surface area (Å²) in [6.07, 6.45) is 2.64. The zero-order valence-electron chi connectivity index (χ0n) is 14.4. The van der Waals surface area contributed by atoms with Crippen LogP contribution >= 0.6 is 11.3 Å². The van der Waals surface area contributed by atoms with Crippen molar-refractivity contribution in [2.75, 3.05) is 19.6 Å². The molecule has 5 nitrogen and oxygen atoms in total. The Kier molecular flexibility index (Phi) is 6.89. The van der Waals surface area contributed by atoms with Crippen molar-refractivity contribution < 1.29 is 4.79 Å². The fourth-order valence-electron chi connectivity index (χ4n) is 2.70. The fourth-order valence-corrected chi connectivity index (χ4v) is 3.58. The number of thiophene rings is 1. The first-order valence-electron chi connectivity index (χ1n) is 8.56. The second-order valence-electron chi connectivity index (χ2n) is 5.74. The minimum absolute atomic E-state index is 0.238. The van der Waals surface area contributed by atoms with Gasteiger partial charge in [-0.15, -0.1) is 11.3 Å². The molecule has 1 fully saturated rings. The highest BCUT2D eigenvalue weighted by atomic mass is 32.1. The van der Waals surface area contributed by atoms with Crippen LogP contribution in [0, 0.1) is 0 Å². The van der Waals surface area contributed by atoms with E-state index in [2.05, 4.69) is 41.6 Å². The summed E-state index contributed by atoms with van der Waals surface area (Å²) in [5.41, 5.74) is 0. The molecule has 0 aromatic carbocycles. The Hall–Kier alpha value is -1.56. The highest BCUT2D eigenvalue weighted by molar-refractivity contribution is 7.11. The maximum Gasteiger partial charge on any atom is 0.222 e. The van der Waals surface area contributed by atoms with E-state index in [1.807, 2.05) is 23.2 Å². The van der Waals surface area contributed by atoms with Gasteiger partial charge < -0.3 is 15.5 Å². The second kappa shape index (κ2) is 8.91. The molecule has 1 aromatic heterocycles. The summed E-state index contributed by atoms with van der Waals surface area (Å²) in [5, 5.41) is 6.77. The van der Waals surface area contributed by atoms with Crippen LogP contribution in [0.25, 0.3) is 0 Å². The van der Waals surface area contributed by atoms with Gasteiger partial charge in [0.2, 0.25) is 5.91 Å². The van der Waals surface area contributed by atoms with Gasteiger partial charge in [0.25, 0.3) is 0 Å². The summed E-state index contributed by atoms with van der Waals surface area (Å²) >= 11 is 1.83. The van der Waals surface area contributed by atoms with Crippen LogP contribution in [-0.2, 0) is 17.8 Å². The van der Waals surface area contributed by atoms with Gasteiger partial charge in [0.15, 0.2) is 5.96 Å². The van der Waals surface area contributed by atoms with Gasteiger partial charge in [-0.2, -0.15) is 0 Å². The second-order valence-corrected chi connectivity index (χ2v) is 6.99. The molecule has 0 aliphatic carbocycles. The molecule has 1 aliphatic heterocycles. The van der Waals surface area contributed by atoms with Gasteiger partial charge in [-0.05, 0) is 31.9 Å². The molecule has 128 valence electrons. The number of likely N-dealkylation sites (tertiary alicyclic amines) is 1. The molecule has 1 unspecified atom stereocenters. The zero-order valence-corrected chi connectivity index (χ0v) is 15.2. The molecule has 0 saturated carbocycles. The van der Waals surface area contributed by atoms with E-state index in [1.54, 1.807) is 0 Å². The monoisotopic (exact) mass is 336 g/mol. The molecule has 6 heteroatoms. The third kappa shape index (κ3) is 5.23. The first-order chi connectivity index (χ1) is 11.2. The van der Waals surface area contributed by atoms with Crippen molar-refractivity contribution in [2.24, 2.45) is 4.99 Å². The lowest BCUT2D eigenvalue weighted by atomic mass is 10.3. The maximum atomic E-state index is 11.8. The summed E-state index contributed by atoms with van der Waals surface area (Å²) in [5.74, 6) is 1.08. The molecule has 2 N–H and O–H groups in total. The predicted molar refractivity (Wildman–Crippen MR) is 96.9 cm³/mol. The predicted octanol–water partition coefficient (Wildman–Crippen LogP) is 2.38. The molecular weight excluding hydrogens is 308 g/mol. The number of hydrogen-bond acceptors (Lipinski definition) is 3. The normalized spacial score (nSPS) is 18.3. The third-order valence-electron chi connectivity index (χ3n) is 3.99. The lowest BCUT2D eigenvalue weighted by Gasteiger charge is -2.18. The van der Waals surface area contributed by atoms with E-state index in [9.17, 15) is 4.79 Å². The molecule has 1 aromatic rings. The van der Waals surface area contributed by atoms with Crippen molar-refractivity contribution in [1.29, 1.82) is 0 Å². The minimum atomic E-state index is 0.238. The van der Waals surface area contributed by atoms with Crippen LogP contribution in [0.2, 0.25) is 0 Å². The number of nitrogens with one attached hydrogen (secondary N) is 2. The Balaban J connectivity index is 1.90. The van der Waals surface area contributed by atoms with Crippen molar-refractivity contribution in [3.63, 3.8) is 0 Å². The van der Waals surface area contributed by atoms with Crippen molar-refractivity contribution >= 4 is 23.2 Å². The summed E-state index contributed by atoms with van der Waals surface area (Å²) in [6, 6.07) is 4.63. The number of aliphatic imine (C=N–C) groups is 1. The average molecular weight is 337 g/mol. The van der Waals surface area contributed by atoms with Gasteiger partial charge in [0, 0.05) is 41.9 Å². The van der Waals surface area contributed by atoms with Crippen molar-refractivity contribution in [3.05, 3.63) is 21.9 Å². The topological polar surface area (TPSA) is 56.7 Å². The SMILES string of the molecule is CCNC(=NCc1ccc(CC)s1)NC1CCN(C(=O)CC)C1. The zero-order chi connectivity index (χ0) is 16.7. The van der Waals surface area contributed by atoms with E-state index in [0.717, 1.165) is 38.4 Å².